The summed E-state index contributed by atoms with van der Waals surface area (Å²) in [5.74, 6) is -0.250. The molecule has 1 aromatic heterocycles. The van der Waals surface area contributed by atoms with E-state index in [1.807, 2.05) is 6.92 Å². The molecule has 0 radical (unpaired) electrons. The third-order valence-electron chi connectivity index (χ3n) is 5.59. The van der Waals surface area contributed by atoms with Gasteiger partial charge in [0.2, 0.25) is 5.95 Å². The summed E-state index contributed by atoms with van der Waals surface area (Å²) < 4.78 is 72.6. The van der Waals surface area contributed by atoms with Crippen molar-refractivity contribution in [3.63, 3.8) is 0 Å². The van der Waals surface area contributed by atoms with E-state index in [4.69, 9.17) is 4.74 Å². The Morgan fingerprint density at radius 3 is 2.72 bits per heavy atom. The van der Waals surface area contributed by atoms with Crippen LogP contribution in [0.15, 0.2) is 0 Å². The molecular formula is C13H18F3N5O3S. The summed E-state index contributed by atoms with van der Waals surface area (Å²) in [7, 11) is -3.79. The maximum atomic E-state index is 13.7. The Kier molecular flexibility index (Phi) is 3.60. The number of fused-ring (bicyclic) bond motifs is 1. The van der Waals surface area contributed by atoms with Gasteiger partial charge in [-0.3, -0.25) is 0 Å². The van der Waals surface area contributed by atoms with Crippen LogP contribution in [0.4, 0.5) is 19.1 Å². The number of hydrogen-bond acceptors (Lipinski definition) is 7. The minimum atomic E-state index is -4.60. The Balaban J connectivity index is 1.68. The minimum Gasteiger partial charge on any atom is -0.376 e. The molecule has 0 aromatic carbocycles. The lowest BCUT2D eigenvalue weighted by Gasteiger charge is -2.30. The third-order valence-corrected chi connectivity index (χ3v) is 7.83. The molecule has 0 N–H and O–H groups in total. The Morgan fingerprint density at radius 2 is 2.12 bits per heavy atom. The van der Waals surface area contributed by atoms with E-state index in [1.165, 1.54) is 9.58 Å². The molecule has 8 nitrogen and oxygen atoms in total. The molecule has 4 rings (SSSR count). The van der Waals surface area contributed by atoms with E-state index < -0.39 is 45.4 Å². The van der Waals surface area contributed by atoms with Gasteiger partial charge in [0.05, 0.1) is 29.8 Å². The monoisotopic (exact) mass is 381 g/mol. The predicted molar refractivity (Wildman–Crippen MR) is 79.8 cm³/mol. The average Bonchev–Trinajstić information content (AvgIpc) is 3.23. The van der Waals surface area contributed by atoms with Crippen molar-refractivity contribution in [2.24, 2.45) is 5.41 Å². The van der Waals surface area contributed by atoms with Crippen molar-refractivity contribution < 1.29 is 26.3 Å². The first kappa shape index (κ1) is 17.0. The SMILES string of the molecule is CC1CC(n2nnnc2N2C[C@@H]3[C@@](C(F)(F)F)(CCS3(=O)=O)C2)CO1. The summed E-state index contributed by atoms with van der Waals surface area (Å²) in [5, 5.41) is 9.88. The number of aromatic nitrogens is 4. The molecule has 3 aliphatic heterocycles. The van der Waals surface area contributed by atoms with E-state index in [-0.39, 0.29) is 24.6 Å². The molecule has 140 valence electrons. The third kappa shape index (κ3) is 2.44. The van der Waals surface area contributed by atoms with Crippen molar-refractivity contribution in [2.75, 3.05) is 30.3 Å². The number of rotatable bonds is 2. The van der Waals surface area contributed by atoms with Gasteiger partial charge in [-0.25, -0.2) is 13.1 Å². The van der Waals surface area contributed by atoms with Crippen LogP contribution in [-0.2, 0) is 14.6 Å². The normalized spacial score (nSPS) is 37.6. The highest BCUT2D eigenvalue weighted by atomic mass is 32.2. The number of halogens is 3. The van der Waals surface area contributed by atoms with Crippen LogP contribution in [0.5, 0.6) is 0 Å². The predicted octanol–water partition coefficient (Wildman–Crippen LogP) is 0.579. The minimum absolute atomic E-state index is 0.0157. The molecule has 4 atom stereocenters. The Hall–Kier alpha value is -1.43. The molecule has 25 heavy (non-hydrogen) atoms. The zero-order valence-corrected chi connectivity index (χ0v) is 14.3. The van der Waals surface area contributed by atoms with Gasteiger partial charge in [-0.15, -0.1) is 0 Å². The number of hydrogen-bond donors (Lipinski definition) is 0. The van der Waals surface area contributed by atoms with Crippen LogP contribution in [0.2, 0.25) is 0 Å². The first-order chi connectivity index (χ1) is 11.6. The van der Waals surface area contributed by atoms with E-state index >= 15 is 0 Å². The highest BCUT2D eigenvalue weighted by Gasteiger charge is 2.70. The summed E-state index contributed by atoms with van der Waals surface area (Å²) >= 11 is 0. The first-order valence-corrected chi connectivity index (χ1v) is 9.78. The highest BCUT2D eigenvalue weighted by Crippen LogP contribution is 2.55. The van der Waals surface area contributed by atoms with Crippen LogP contribution in [0.25, 0.3) is 0 Å². The maximum Gasteiger partial charge on any atom is 0.397 e. The number of tetrazole rings is 1. The van der Waals surface area contributed by atoms with Gasteiger partial charge in [-0.05, 0) is 30.2 Å². The van der Waals surface area contributed by atoms with Gasteiger partial charge in [0.15, 0.2) is 9.84 Å². The van der Waals surface area contributed by atoms with E-state index in [0.29, 0.717) is 13.0 Å². The van der Waals surface area contributed by atoms with Gasteiger partial charge in [-0.2, -0.15) is 13.2 Å². The quantitative estimate of drug-likeness (QED) is 0.740. The highest BCUT2D eigenvalue weighted by molar-refractivity contribution is 7.92. The Labute approximate surface area is 142 Å². The second-order valence-electron chi connectivity index (χ2n) is 7.10. The van der Waals surface area contributed by atoms with Crippen LogP contribution in [0.1, 0.15) is 25.8 Å². The molecule has 0 amide bonds. The second-order valence-corrected chi connectivity index (χ2v) is 9.40. The molecule has 3 saturated heterocycles. The van der Waals surface area contributed by atoms with Gasteiger partial charge in [0, 0.05) is 13.1 Å². The van der Waals surface area contributed by atoms with Crippen molar-refractivity contribution in [1.29, 1.82) is 0 Å². The molecular weight excluding hydrogens is 363 g/mol. The van der Waals surface area contributed by atoms with Crippen molar-refractivity contribution >= 4 is 15.8 Å². The molecule has 3 fully saturated rings. The fraction of sp³-hybridized carbons (Fsp3) is 0.923. The summed E-state index contributed by atoms with van der Waals surface area (Å²) in [6, 6.07) is -0.168. The molecule has 0 bridgehead atoms. The van der Waals surface area contributed by atoms with Gasteiger partial charge in [0.1, 0.15) is 5.41 Å². The van der Waals surface area contributed by atoms with E-state index in [0.717, 1.165) is 0 Å². The van der Waals surface area contributed by atoms with Crippen LogP contribution in [0.3, 0.4) is 0 Å². The summed E-state index contributed by atoms with van der Waals surface area (Å²) in [4.78, 5) is 1.36. The topological polar surface area (TPSA) is 90.2 Å². The lowest BCUT2D eigenvalue weighted by atomic mass is 9.83. The smallest absolute Gasteiger partial charge is 0.376 e. The fourth-order valence-corrected chi connectivity index (χ4v) is 6.56. The molecule has 2 unspecified atom stereocenters. The average molecular weight is 381 g/mol. The Bertz CT molecular complexity index is 782. The number of alkyl halides is 3. The van der Waals surface area contributed by atoms with Crippen LogP contribution < -0.4 is 4.90 Å². The lowest BCUT2D eigenvalue weighted by Crippen LogP contribution is -2.45. The molecule has 0 saturated carbocycles. The van der Waals surface area contributed by atoms with Gasteiger partial charge in [-0.1, -0.05) is 5.10 Å². The second kappa shape index (κ2) is 5.29. The molecule has 12 heteroatoms. The molecule has 3 aliphatic rings. The van der Waals surface area contributed by atoms with Gasteiger partial charge in [0.25, 0.3) is 0 Å². The summed E-state index contributed by atoms with van der Waals surface area (Å²) in [5.41, 5.74) is -2.25. The number of anilines is 1. The van der Waals surface area contributed by atoms with Crippen LogP contribution in [0, 0.1) is 5.41 Å². The van der Waals surface area contributed by atoms with Crippen molar-refractivity contribution in [3.05, 3.63) is 0 Å². The summed E-state index contributed by atoms with van der Waals surface area (Å²) in [6.45, 7) is 1.59. The molecule has 0 aliphatic carbocycles. The lowest BCUT2D eigenvalue weighted by molar-refractivity contribution is -0.213. The van der Waals surface area contributed by atoms with E-state index in [9.17, 15) is 21.6 Å². The molecule has 0 spiro atoms. The Morgan fingerprint density at radius 1 is 1.36 bits per heavy atom. The van der Waals surface area contributed by atoms with E-state index in [2.05, 4.69) is 15.5 Å². The van der Waals surface area contributed by atoms with Crippen molar-refractivity contribution in [2.45, 2.75) is 43.3 Å². The zero-order chi connectivity index (χ0) is 18.0. The van der Waals surface area contributed by atoms with Crippen molar-refractivity contribution in [3.8, 4) is 0 Å². The van der Waals surface area contributed by atoms with Gasteiger partial charge < -0.3 is 9.64 Å². The van der Waals surface area contributed by atoms with Crippen LogP contribution in [-0.4, -0.2) is 71.6 Å². The zero-order valence-electron chi connectivity index (χ0n) is 13.5. The number of sulfone groups is 1. The number of nitrogens with zero attached hydrogens (tertiary/aromatic N) is 5. The fourth-order valence-electron chi connectivity index (χ4n) is 4.21. The maximum absolute atomic E-state index is 13.7. The van der Waals surface area contributed by atoms with Crippen LogP contribution >= 0.6 is 0 Å². The van der Waals surface area contributed by atoms with Gasteiger partial charge >= 0.3 is 6.18 Å². The molecule has 1 aromatic rings. The molecule has 4 heterocycles. The standard InChI is InChI=1S/C13H18F3N5O3S/c1-8-4-9(6-24-8)21-11(17-18-19-21)20-5-10-12(7-20,13(14,15)16)2-3-25(10,22)23/h8-10H,2-7H2,1H3/t8?,9?,10-,12-/m1/s1. The first-order valence-electron chi connectivity index (χ1n) is 8.07. The summed E-state index contributed by atoms with van der Waals surface area (Å²) in [6.07, 6.45) is -4.34. The van der Waals surface area contributed by atoms with E-state index in [1.54, 1.807) is 0 Å². The number of ether oxygens (including phenoxy) is 1. The largest absolute Gasteiger partial charge is 0.397 e. The van der Waals surface area contributed by atoms with Crippen molar-refractivity contribution in [1.82, 2.24) is 20.2 Å².